The van der Waals surface area contributed by atoms with Gasteiger partial charge >= 0.3 is 6.09 Å². The Morgan fingerprint density at radius 1 is 1.28 bits per heavy atom. The fourth-order valence-electron chi connectivity index (χ4n) is 5.63. The fourth-order valence-corrected chi connectivity index (χ4v) is 5.63. The van der Waals surface area contributed by atoms with Crippen molar-refractivity contribution in [2.45, 2.75) is 75.7 Å². The first-order valence-electron chi connectivity index (χ1n) is 12.6. The van der Waals surface area contributed by atoms with Gasteiger partial charge in [0.15, 0.2) is 0 Å². The zero-order valence-corrected chi connectivity index (χ0v) is 21.1. The highest BCUT2D eigenvalue weighted by Gasteiger charge is 2.53. The summed E-state index contributed by atoms with van der Waals surface area (Å²) in [6, 6.07) is 11.3. The van der Waals surface area contributed by atoms with Crippen LogP contribution in [-0.4, -0.2) is 63.4 Å². The van der Waals surface area contributed by atoms with Gasteiger partial charge in [-0.05, 0) is 52.0 Å². The van der Waals surface area contributed by atoms with Crippen molar-refractivity contribution < 1.29 is 19.4 Å². The lowest BCUT2D eigenvalue weighted by atomic mass is 9.84. The van der Waals surface area contributed by atoms with E-state index in [0.29, 0.717) is 29.6 Å². The molecule has 2 fully saturated rings. The molecule has 1 aromatic heterocycles. The molecule has 2 bridgehead atoms. The number of hydrogen-bond donors (Lipinski definition) is 3. The molecule has 2 aromatic rings. The normalized spacial score (nSPS) is 25.9. The van der Waals surface area contributed by atoms with Crippen LogP contribution in [0.1, 0.15) is 63.6 Å². The molecule has 3 aliphatic heterocycles. The van der Waals surface area contributed by atoms with Crippen LogP contribution < -0.4 is 11.1 Å². The minimum atomic E-state index is -0.523. The van der Waals surface area contributed by atoms with E-state index in [2.05, 4.69) is 10.3 Å². The number of nitrogen functional groups attached to an aromatic ring is 1. The summed E-state index contributed by atoms with van der Waals surface area (Å²) >= 11 is 0. The molecule has 9 nitrogen and oxygen atoms in total. The maximum atomic E-state index is 12.9. The Bertz CT molecular complexity index is 1130. The molecule has 1 spiro atoms. The predicted molar refractivity (Wildman–Crippen MR) is 138 cm³/mol. The first-order chi connectivity index (χ1) is 17.2. The van der Waals surface area contributed by atoms with Crippen LogP contribution in [0.4, 0.5) is 16.3 Å². The van der Waals surface area contributed by atoms with E-state index in [1.165, 1.54) is 0 Å². The number of hydrogen-bond acceptors (Lipinski definition) is 8. The molecular weight excluding hydrogens is 458 g/mol. The average Bonchev–Trinajstić information content (AvgIpc) is 3.35. The zero-order chi connectivity index (χ0) is 25.5. The summed E-state index contributed by atoms with van der Waals surface area (Å²) in [5.41, 5.74) is 7.47. The van der Waals surface area contributed by atoms with Crippen LogP contribution in [0.25, 0.3) is 0 Å². The fraction of sp³-hybridized carbons (Fsp3) is 0.519. The molecule has 1 amide bonds. The Morgan fingerprint density at radius 3 is 2.61 bits per heavy atom. The molecule has 1 aromatic carbocycles. The number of pyridine rings is 1. The molecule has 0 aliphatic carbocycles. The number of ether oxygens (including phenoxy) is 2. The molecule has 36 heavy (non-hydrogen) atoms. The third-order valence-electron chi connectivity index (χ3n) is 7.14. The van der Waals surface area contributed by atoms with E-state index in [1.54, 1.807) is 12.3 Å². The predicted octanol–water partition coefficient (Wildman–Crippen LogP) is 3.89. The van der Waals surface area contributed by atoms with Crippen LogP contribution in [0.3, 0.4) is 0 Å². The Balaban J connectivity index is 1.38. The van der Waals surface area contributed by atoms with Gasteiger partial charge in [0.1, 0.15) is 23.6 Å². The van der Waals surface area contributed by atoms with Gasteiger partial charge in [-0.25, -0.2) is 14.8 Å². The second-order valence-electron chi connectivity index (χ2n) is 11.1. The SMILES string of the molecule is CC(C)(C)OC(=O)N1C2CCC1CC1(COC(c3cnc(N)cc3N[C@H](CO)c3ccccc3)=N1)C2. The Morgan fingerprint density at radius 2 is 1.97 bits per heavy atom. The number of aromatic nitrogens is 1. The van der Waals surface area contributed by atoms with Crippen LogP contribution >= 0.6 is 0 Å². The topological polar surface area (TPSA) is 122 Å². The molecule has 3 atom stereocenters. The number of carbonyl (C=O) groups is 1. The number of carbonyl (C=O) groups excluding carboxylic acids is 1. The highest BCUT2D eigenvalue weighted by atomic mass is 16.6. The summed E-state index contributed by atoms with van der Waals surface area (Å²) in [6.07, 6.45) is 4.79. The first-order valence-corrected chi connectivity index (χ1v) is 12.6. The quantitative estimate of drug-likeness (QED) is 0.578. The van der Waals surface area contributed by atoms with Gasteiger partial charge in [-0.1, -0.05) is 30.3 Å². The highest BCUT2D eigenvalue weighted by Crippen LogP contribution is 2.46. The number of amides is 1. The van der Waals surface area contributed by atoms with Crippen molar-refractivity contribution in [1.82, 2.24) is 9.88 Å². The summed E-state index contributed by atoms with van der Waals surface area (Å²) in [7, 11) is 0. The molecule has 0 radical (unpaired) electrons. The van der Waals surface area contributed by atoms with Gasteiger partial charge < -0.3 is 30.5 Å². The van der Waals surface area contributed by atoms with Crippen molar-refractivity contribution in [1.29, 1.82) is 0 Å². The van der Waals surface area contributed by atoms with Crippen molar-refractivity contribution in [3.8, 4) is 0 Å². The second-order valence-corrected chi connectivity index (χ2v) is 11.1. The third kappa shape index (κ3) is 4.84. The van der Waals surface area contributed by atoms with Crippen molar-refractivity contribution in [2.24, 2.45) is 4.99 Å². The van der Waals surface area contributed by atoms with Gasteiger partial charge in [0.2, 0.25) is 5.90 Å². The number of anilines is 2. The summed E-state index contributed by atoms with van der Waals surface area (Å²) in [6.45, 7) is 6.05. The van der Waals surface area contributed by atoms with Crippen LogP contribution in [-0.2, 0) is 9.47 Å². The van der Waals surface area contributed by atoms with Crippen molar-refractivity contribution >= 4 is 23.5 Å². The van der Waals surface area contributed by atoms with E-state index in [9.17, 15) is 9.90 Å². The standard InChI is InChI=1S/C27H35N5O4/c1-26(2,3)36-25(34)32-18-9-10-19(32)13-27(12-18)16-35-24(31-27)20-14-29-23(28)11-21(20)30-22(15-33)17-7-5-4-6-8-17/h4-8,11,14,18-19,22,33H,9-10,12-13,15-16H2,1-3H3,(H3,28,29,30)/t18?,19?,22-,27?/m1/s1. The molecular formula is C27H35N5O4. The van der Waals surface area contributed by atoms with E-state index in [1.807, 2.05) is 56.0 Å². The first kappa shape index (κ1) is 24.4. The van der Waals surface area contributed by atoms with Crippen molar-refractivity contribution in [2.75, 3.05) is 24.3 Å². The van der Waals surface area contributed by atoms with Gasteiger partial charge in [-0.3, -0.25) is 0 Å². The number of nitrogens with two attached hydrogens (primary N) is 1. The number of aliphatic hydroxyl groups excluding tert-OH is 1. The smallest absolute Gasteiger partial charge is 0.410 e. The number of rotatable bonds is 5. The average molecular weight is 494 g/mol. The Labute approximate surface area is 211 Å². The number of piperidine rings is 1. The lowest BCUT2D eigenvalue weighted by molar-refractivity contribution is -0.00237. The number of nitrogens with one attached hydrogen (secondary N) is 1. The zero-order valence-electron chi connectivity index (χ0n) is 21.1. The number of aliphatic hydroxyl groups is 1. The van der Waals surface area contributed by atoms with Crippen molar-refractivity contribution in [3.63, 3.8) is 0 Å². The minimum Gasteiger partial charge on any atom is -0.475 e. The maximum absolute atomic E-state index is 12.9. The van der Waals surface area contributed by atoms with E-state index >= 15 is 0 Å². The van der Waals surface area contributed by atoms with Gasteiger partial charge in [-0.15, -0.1) is 0 Å². The summed E-state index contributed by atoms with van der Waals surface area (Å²) in [4.78, 5) is 24.2. The van der Waals surface area contributed by atoms with Crippen molar-refractivity contribution in [3.05, 3.63) is 53.7 Å². The summed E-state index contributed by atoms with van der Waals surface area (Å²) in [5, 5.41) is 13.5. The molecule has 3 aliphatic rings. The summed E-state index contributed by atoms with van der Waals surface area (Å²) in [5.74, 6) is 0.878. The number of nitrogens with zero attached hydrogens (tertiary/aromatic N) is 3. The molecule has 0 saturated carbocycles. The largest absolute Gasteiger partial charge is 0.475 e. The van der Waals surface area contributed by atoms with Gasteiger partial charge in [0, 0.05) is 24.3 Å². The van der Waals surface area contributed by atoms with E-state index in [-0.39, 0.29) is 36.4 Å². The van der Waals surface area contributed by atoms with Crippen LogP contribution in [0, 0.1) is 0 Å². The van der Waals surface area contributed by atoms with Gasteiger partial charge in [-0.2, -0.15) is 0 Å². The van der Waals surface area contributed by atoms with E-state index in [4.69, 9.17) is 20.2 Å². The van der Waals surface area contributed by atoms with Crippen LogP contribution in [0.15, 0.2) is 47.6 Å². The highest BCUT2D eigenvalue weighted by molar-refractivity contribution is 6.00. The van der Waals surface area contributed by atoms with E-state index < -0.39 is 5.60 Å². The van der Waals surface area contributed by atoms with Gasteiger partial charge in [0.25, 0.3) is 0 Å². The van der Waals surface area contributed by atoms with Crippen LogP contribution in [0.5, 0.6) is 0 Å². The second kappa shape index (κ2) is 9.28. The molecule has 2 unspecified atom stereocenters. The summed E-state index contributed by atoms with van der Waals surface area (Å²) < 4.78 is 11.8. The molecule has 9 heteroatoms. The molecule has 192 valence electrons. The molecule has 2 saturated heterocycles. The molecule has 4 heterocycles. The lowest BCUT2D eigenvalue weighted by Crippen LogP contribution is -2.54. The Hall–Kier alpha value is -3.33. The molecule has 5 rings (SSSR count). The monoisotopic (exact) mass is 493 g/mol. The number of benzene rings is 1. The van der Waals surface area contributed by atoms with E-state index in [0.717, 1.165) is 31.2 Å². The molecule has 4 N–H and O–H groups in total. The number of fused-ring (bicyclic) bond motifs is 2. The van der Waals surface area contributed by atoms with Crippen LogP contribution in [0.2, 0.25) is 0 Å². The maximum Gasteiger partial charge on any atom is 0.410 e. The number of aliphatic imine (C=N–C) groups is 1. The minimum absolute atomic E-state index is 0.0873. The third-order valence-corrected chi connectivity index (χ3v) is 7.14. The van der Waals surface area contributed by atoms with Gasteiger partial charge in [0.05, 0.1) is 23.9 Å². The lowest BCUT2D eigenvalue weighted by Gasteiger charge is -2.42. The Kier molecular flexibility index (Phi) is 6.28.